The first-order chi connectivity index (χ1) is 8.69. The second-order valence-corrected chi connectivity index (χ2v) is 4.74. The van der Waals surface area contributed by atoms with Gasteiger partial charge in [-0.3, -0.25) is 0 Å². The Morgan fingerprint density at radius 3 is 2.28 bits per heavy atom. The molecule has 2 heteroatoms. The molecule has 0 bridgehead atoms. The Balaban J connectivity index is 2.60. The molecule has 0 saturated carbocycles. The topological polar surface area (TPSA) is 38.0 Å². The minimum absolute atomic E-state index is 0.227. The van der Waals surface area contributed by atoms with E-state index in [9.17, 15) is 0 Å². The Kier molecular flexibility index (Phi) is 6.49. The lowest BCUT2D eigenvalue weighted by Crippen LogP contribution is -2.28. The van der Waals surface area contributed by atoms with Crippen molar-refractivity contribution in [2.45, 2.75) is 39.2 Å². The highest BCUT2D eigenvalue weighted by Crippen LogP contribution is 2.18. The Labute approximate surface area is 111 Å². The highest BCUT2D eigenvalue weighted by Gasteiger charge is 2.08. The largest absolute Gasteiger partial charge is 0.329 e. The molecule has 3 N–H and O–H groups in total. The van der Waals surface area contributed by atoms with Gasteiger partial charge >= 0.3 is 0 Å². The monoisotopic (exact) mass is 244 g/mol. The van der Waals surface area contributed by atoms with Crippen LogP contribution in [0.25, 0.3) is 0 Å². The first-order valence-corrected chi connectivity index (χ1v) is 6.62. The fourth-order valence-corrected chi connectivity index (χ4v) is 1.88. The Morgan fingerprint density at radius 2 is 1.78 bits per heavy atom. The summed E-state index contributed by atoms with van der Waals surface area (Å²) in [4.78, 5) is 0. The summed E-state index contributed by atoms with van der Waals surface area (Å²) in [7, 11) is 0. The molecule has 0 fully saturated rings. The fourth-order valence-electron chi connectivity index (χ4n) is 1.88. The lowest BCUT2D eigenvalue weighted by Gasteiger charge is -2.17. The van der Waals surface area contributed by atoms with E-state index in [0.717, 1.165) is 13.0 Å². The zero-order valence-corrected chi connectivity index (χ0v) is 11.7. The number of hydrogen-bond donors (Lipinski definition) is 2. The number of benzene rings is 1. The summed E-state index contributed by atoms with van der Waals surface area (Å²) in [6.07, 6.45) is 0.872. The molecule has 1 aromatic rings. The van der Waals surface area contributed by atoms with Crippen LogP contribution in [0.5, 0.6) is 0 Å². The molecule has 1 aromatic carbocycles. The molecule has 0 spiro atoms. The molecule has 18 heavy (non-hydrogen) atoms. The number of nitrogens with two attached hydrogens (primary N) is 1. The summed E-state index contributed by atoms with van der Waals surface area (Å²) in [6, 6.07) is 8.95. The maximum atomic E-state index is 5.82. The SMILES string of the molecule is CC#CCCNC(CN)c1ccc(C(C)C)cc1. The smallest absolute Gasteiger partial charge is 0.0444 e. The Bertz CT molecular complexity index is 395. The average molecular weight is 244 g/mol. The van der Waals surface area contributed by atoms with Crippen LogP contribution in [0.4, 0.5) is 0 Å². The fraction of sp³-hybridized carbons (Fsp3) is 0.500. The van der Waals surface area contributed by atoms with Gasteiger partial charge in [0, 0.05) is 25.6 Å². The van der Waals surface area contributed by atoms with Crippen molar-refractivity contribution in [1.82, 2.24) is 5.32 Å². The maximum Gasteiger partial charge on any atom is 0.0444 e. The molecule has 0 saturated heterocycles. The van der Waals surface area contributed by atoms with Gasteiger partial charge in [-0.2, -0.15) is 0 Å². The van der Waals surface area contributed by atoms with Crippen LogP contribution < -0.4 is 11.1 Å². The highest BCUT2D eigenvalue weighted by atomic mass is 14.9. The first-order valence-electron chi connectivity index (χ1n) is 6.62. The molecule has 98 valence electrons. The van der Waals surface area contributed by atoms with Gasteiger partial charge in [0.1, 0.15) is 0 Å². The zero-order valence-electron chi connectivity index (χ0n) is 11.7. The van der Waals surface area contributed by atoms with Gasteiger partial charge in [0.15, 0.2) is 0 Å². The normalized spacial score (nSPS) is 12.1. The maximum absolute atomic E-state index is 5.82. The minimum Gasteiger partial charge on any atom is -0.329 e. The van der Waals surface area contributed by atoms with E-state index in [0.29, 0.717) is 12.5 Å². The molecule has 1 atom stereocenters. The molecule has 0 aliphatic heterocycles. The summed E-state index contributed by atoms with van der Waals surface area (Å²) in [5, 5.41) is 3.44. The zero-order chi connectivity index (χ0) is 13.4. The first kappa shape index (κ1) is 14.8. The van der Waals surface area contributed by atoms with Crippen molar-refractivity contribution in [3.05, 3.63) is 35.4 Å². The predicted molar refractivity (Wildman–Crippen MR) is 78.4 cm³/mol. The van der Waals surface area contributed by atoms with E-state index in [2.05, 4.69) is 55.3 Å². The van der Waals surface area contributed by atoms with Crippen LogP contribution >= 0.6 is 0 Å². The summed E-state index contributed by atoms with van der Waals surface area (Å²) in [5.41, 5.74) is 8.44. The molecule has 2 nitrogen and oxygen atoms in total. The van der Waals surface area contributed by atoms with Crippen LogP contribution in [0.1, 0.15) is 50.3 Å². The number of rotatable bonds is 6. The molecule has 0 amide bonds. The van der Waals surface area contributed by atoms with Gasteiger partial charge < -0.3 is 11.1 Å². The van der Waals surface area contributed by atoms with Gasteiger partial charge in [-0.1, -0.05) is 38.1 Å². The quantitative estimate of drug-likeness (QED) is 0.596. The minimum atomic E-state index is 0.227. The van der Waals surface area contributed by atoms with Gasteiger partial charge in [-0.05, 0) is 24.0 Å². The molecule has 0 aromatic heterocycles. The third kappa shape index (κ3) is 4.52. The van der Waals surface area contributed by atoms with Crippen molar-refractivity contribution in [2.24, 2.45) is 5.73 Å². The van der Waals surface area contributed by atoms with Crippen molar-refractivity contribution in [3.63, 3.8) is 0 Å². The van der Waals surface area contributed by atoms with E-state index < -0.39 is 0 Å². The molecule has 0 aliphatic rings. The Morgan fingerprint density at radius 1 is 1.17 bits per heavy atom. The van der Waals surface area contributed by atoms with Crippen molar-refractivity contribution in [2.75, 3.05) is 13.1 Å². The number of hydrogen-bond acceptors (Lipinski definition) is 2. The van der Waals surface area contributed by atoms with E-state index in [-0.39, 0.29) is 6.04 Å². The Hall–Kier alpha value is -1.30. The molecule has 0 aliphatic carbocycles. The van der Waals surface area contributed by atoms with Gasteiger partial charge in [0.25, 0.3) is 0 Å². The molecule has 1 unspecified atom stereocenters. The summed E-state index contributed by atoms with van der Waals surface area (Å²) in [6.45, 7) is 7.77. The highest BCUT2D eigenvalue weighted by molar-refractivity contribution is 5.27. The van der Waals surface area contributed by atoms with Gasteiger partial charge in [0.2, 0.25) is 0 Å². The summed E-state index contributed by atoms with van der Waals surface area (Å²) >= 11 is 0. The van der Waals surface area contributed by atoms with Gasteiger partial charge in [0.05, 0.1) is 0 Å². The summed E-state index contributed by atoms with van der Waals surface area (Å²) < 4.78 is 0. The third-order valence-corrected chi connectivity index (χ3v) is 3.06. The molecule has 1 rings (SSSR count). The van der Waals surface area contributed by atoms with Crippen molar-refractivity contribution < 1.29 is 0 Å². The lowest BCUT2D eigenvalue weighted by molar-refractivity contribution is 0.550. The van der Waals surface area contributed by atoms with E-state index in [1.165, 1.54) is 11.1 Å². The predicted octanol–water partition coefficient (Wildman–Crippen LogP) is 2.81. The average Bonchev–Trinajstić information content (AvgIpc) is 2.39. The standard InChI is InChI=1S/C16H24N2/c1-4-5-6-11-18-16(12-17)15-9-7-14(8-10-15)13(2)3/h7-10,13,16,18H,6,11-12,17H2,1-3H3. The van der Waals surface area contributed by atoms with E-state index >= 15 is 0 Å². The second-order valence-electron chi connectivity index (χ2n) is 4.74. The van der Waals surface area contributed by atoms with Crippen LogP contribution in [0, 0.1) is 11.8 Å². The van der Waals surface area contributed by atoms with E-state index in [4.69, 9.17) is 5.73 Å². The van der Waals surface area contributed by atoms with Crippen LogP contribution in [0.3, 0.4) is 0 Å². The van der Waals surface area contributed by atoms with Crippen LogP contribution in [0.2, 0.25) is 0 Å². The van der Waals surface area contributed by atoms with Gasteiger partial charge in [-0.25, -0.2) is 0 Å². The second kappa shape index (κ2) is 7.92. The third-order valence-electron chi connectivity index (χ3n) is 3.06. The molecule has 0 radical (unpaired) electrons. The van der Waals surface area contributed by atoms with E-state index in [1.54, 1.807) is 0 Å². The number of nitrogens with one attached hydrogen (secondary N) is 1. The van der Waals surface area contributed by atoms with Crippen molar-refractivity contribution in [1.29, 1.82) is 0 Å². The molecular formula is C16H24N2. The lowest BCUT2D eigenvalue weighted by atomic mass is 9.99. The molecular weight excluding hydrogens is 220 g/mol. The molecule has 0 heterocycles. The van der Waals surface area contributed by atoms with E-state index in [1.807, 2.05) is 6.92 Å². The van der Waals surface area contributed by atoms with Crippen LogP contribution in [-0.2, 0) is 0 Å². The van der Waals surface area contributed by atoms with Crippen molar-refractivity contribution >= 4 is 0 Å². The van der Waals surface area contributed by atoms with Crippen LogP contribution in [-0.4, -0.2) is 13.1 Å². The van der Waals surface area contributed by atoms with Gasteiger partial charge in [-0.15, -0.1) is 11.8 Å². The summed E-state index contributed by atoms with van der Waals surface area (Å²) in [5.74, 6) is 6.52. The van der Waals surface area contributed by atoms with Crippen molar-refractivity contribution in [3.8, 4) is 11.8 Å². The van der Waals surface area contributed by atoms with Crippen LogP contribution in [0.15, 0.2) is 24.3 Å².